The Labute approximate surface area is 97.2 Å². The highest BCUT2D eigenvalue weighted by atomic mass is 79.9. The lowest BCUT2D eigenvalue weighted by molar-refractivity contribution is 0.621. The predicted molar refractivity (Wildman–Crippen MR) is 63.3 cm³/mol. The summed E-state index contributed by atoms with van der Waals surface area (Å²) < 4.78 is 29.8. The van der Waals surface area contributed by atoms with Crippen molar-refractivity contribution in [3.8, 4) is 0 Å². The van der Waals surface area contributed by atoms with Gasteiger partial charge in [0.25, 0.3) is 0 Å². The molecule has 0 N–H and O–H groups in total. The molecular weight excluding hydrogens is 281 g/mol. The average Bonchev–Trinajstić information content (AvgIpc) is 2.59. The molecule has 15 heavy (non-hydrogen) atoms. The van der Waals surface area contributed by atoms with Gasteiger partial charge in [-0.3, -0.25) is 0 Å². The third-order valence-corrected chi connectivity index (χ3v) is 5.39. The van der Waals surface area contributed by atoms with E-state index >= 15 is 0 Å². The maximum atomic E-state index is 13.2. The molecule has 0 atom stereocenters. The molecule has 1 aliphatic heterocycles. The summed E-state index contributed by atoms with van der Waals surface area (Å²) in [6.45, 7) is 0. The van der Waals surface area contributed by atoms with Gasteiger partial charge in [0.2, 0.25) is 0 Å². The summed E-state index contributed by atoms with van der Waals surface area (Å²) in [6.07, 6.45) is 1.92. The first-order chi connectivity index (χ1) is 7.09. The lowest BCUT2D eigenvalue weighted by Crippen LogP contribution is -1.99. The number of nitrogens with zero attached hydrogens (tertiary/aromatic N) is 1. The summed E-state index contributed by atoms with van der Waals surface area (Å²) in [5.41, 5.74) is 0.475. The third-order valence-electron chi connectivity index (χ3n) is 2.35. The number of hydrogen-bond acceptors (Lipinski definition) is 2. The molecule has 1 fully saturated rings. The Morgan fingerprint density at radius 1 is 1.33 bits per heavy atom. The summed E-state index contributed by atoms with van der Waals surface area (Å²) in [7, 11) is -2.09. The Morgan fingerprint density at radius 3 is 2.60 bits per heavy atom. The lowest BCUT2D eigenvalue weighted by Gasteiger charge is -2.01. The molecule has 0 aliphatic carbocycles. The molecule has 0 spiro atoms. The van der Waals surface area contributed by atoms with Crippen molar-refractivity contribution in [3.63, 3.8) is 0 Å². The monoisotopic (exact) mass is 291 g/mol. The van der Waals surface area contributed by atoms with Crippen LogP contribution in [-0.4, -0.2) is 15.7 Å². The van der Waals surface area contributed by atoms with Crippen molar-refractivity contribution in [3.05, 3.63) is 28.5 Å². The minimum absolute atomic E-state index is 0.364. The molecule has 2 nitrogen and oxygen atoms in total. The van der Waals surface area contributed by atoms with E-state index in [0.717, 1.165) is 12.8 Å². The summed E-state index contributed by atoms with van der Waals surface area (Å²) in [5.74, 6) is 0.923. The van der Waals surface area contributed by atoms with E-state index in [2.05, 4.69) is 20.3 Å². The minimum Gasteiger partial charge on any atom is -0.249 e. The van der Waals surface area contributed by atoms with Gasteiger partial charge in [-0.2, -0.15) is 4.36 Å². The Hall–Kier alpha value is -0.420. The molecule has 0 saturated carbocycles. The van der Waals surface area contributed by atoms with Gasteiger partial charge in [-0.05, 0) is 40.9 Å². The summed E-state index contributed by atoms with van der Waals surface area (Å²) in [6, 6.07) is 4.58. The van der Waals surface area contributed by atoms with Crippen LogP contribution < -0.4 is 0 Å². The van der Waals surface area contributed by atoms with E-state index in [1.165, 1.54) is 6.07 Å². The Kier molecular flexibility index (Phi) is 3.11. The third kappa shape index (κ3) is 2.58. The first-order valence-electron chi connectivity index (χ1n) is 4.77. The van der Waals surface area contributed by atoms with Crippen molar-refractivity contribution in [1.82, 2.24) is 0 Å². The fourth-order valence-electron chi connectivity index (χ4n) is 1.58. The van der Waals surface area contributed by atoms with Gasteiger partial charge in [-0.1, -0.05) is 0 Å². The molecule has 0 aromatic heterocycles. The van der Waals surface area contributed by atoms with Crippen molar-refractivity contribution in [2.45, 2.75) is 12.8 Å². The van der Waals surface area contributed by atoms with Gasteiger partial charge in [0.15, 0.2) is 0 Å². The van der Waals surface area contributed by atoms with E-state index in [4.69, 9.17) is 0 Å². The quantitative estimate of drug-likeness (QED) is 0.779. The van der Waals surface area contributed by atoms with Crippen molar-refractivity contribution >= 4 is 31.3 Å². The highest BCUT2D eigenvalue weighted by Gasteiger charge is 2.16. The van der Waals surface area contributed by atoms with Gasteiger partial charge in [0, 0.05) is 17.6 Å². The molecule has 0 bridgehead atoms. The van der Waals surface area contributed by atoms with Gasteiger partial charge in [0.1, 0.15) is 5.82 Å². The molecule has 0 radical (unpaired) electrons. The molecule has 1 saturated heterocycles. The second-order valence-electron chi connectivity index (χ2n) is 3.58. The second-order valence-corrected chi connectivity index (χ2v) is 6.98. The van der Waals surface area contributed by atoms with Crippen molar-refractivity contribution in [2.24, 2.45) is 4.36 Å². The van der Waals surface area contributed by atoms with E-state index in [1.807, 2.05) is 0 Å². The second kappa shape index (κ2) is 4.22. The van der Waals surface area contributed by atoms with Gasteiger partial charge in [0.05, 0.1) is 19.9 Å². The van der Waals surface area contributed by atoms with Crippen LogP contribution in [0.5, 0.6) is 0 Å². The van der Waals surface area contributed by atoms with Crippen LogP contribution in [0.1, 0.15) is 12.8 Å². The van der Waals surface area contributed by atoms with Crippen LogP contribution in [0.15, 0.2) is 27.0 Å². The molecule has 0 unspecified atom stereocenters. The van der Waals surface area contributed by atoms with Crippen molar-refractivity contribution < 1.29 is 8.60 Å². The molecule has 1 aliphatic rings. The smallest absolute Gasteiger partial charge is 0.139 e. The standard InChI is InChI=1S/C10H11BrFNOS/c11-9-4-3-8(7-10(9)12)13-15(14)5-1-2-6-15/h3-4,7H,1-2,5-6H2. The fraction of sp³-hybridized carbons (Fsp3) is 0.400. The SMILES string of the molecule is O=S1(=Nc2ccc(Br)c(F)c2)CCCC1. The maximum Gasteiger partial charge on any atom is 0.139 e. The zero-order valence-electron chi connectivity index (χ0n) is 8.08. The van der Waals surface area contributed by atoms with Gasteiger partial charge < -0.3 is 0 Å². The van der Waals surface area contributed by atoms with Gasteiger partial charge >= 0.3 is 0 Å². The zero-order chi connectivity index (χ0) is 10.9. The minimum atomic E-state index is -2.09. The maximum absolute atomic E-state index is 13.2. The fourth-order valence-corrected chi connectivity index (χ4v) is 4.02. The van der Waals surface area contributed by atoms with Gasteiger partial charge in [-0.15, -0.1) is 0 Å². The van der Waals surface area contributed by atoms with Crippen LogP contribution in [0.4, 0.5) is 10.1 Å². The zero-order valence-corrected chi connectivity index (χ0v) is 10.5. The van der Waals surface area contributed by atoms with Crippen LogP contribution in [0.25, 0.3) is 0 Å². The Balaban J connectivity index is 2.39. The van der Waals surface area contributed by atoms with Gasteiger partial charge in [-0.25, -0.2) is 8.60 Å². The van der Waals surface area contributed by atoms with Crippen LogP contribution >= 0.6 is 15.9 Å². The van der Waals surface area contributed by atoms with Crippen LogP contribution in [0.2, 0.25) is 0 Å². The molecule has 5 heteroatoms. The number of benzene rings is 1. The van der Waals surface area contributed by atoms with E-state index in [9.17, 15) is 8.60 Å². The molecule has 0 amide bonds. The molecule has 1 aromatic rings. The highest BCUT2D eigenvalue weighted by Crippen LogP contribution is 2.24. The van der Waals surface area contributed by atoms with E-state index in [-0.39, 0.29) is 5.82 Å². The number of halogens is 2. The van der Waals surface area contributed by atoms with E-state index in [0.29, 0.717) is 21.7 Å². The number of hydrogen-bond donors (Lipinski definition) is 0. The highest BCUT2D eigenvalue weighted by molar-refractivity contribution is 9.10. The summed E-state index contributed by atoms with van der Waals surface area (Å²) in [5, 5.41) is 0. The summed E-state index contributed by atoms with van der Waals surface area (Å²) >= 11 is 3.07. The lowest BCUT2D eigenvalue weighted by atomic mass is 10.3. The van der Waals surface area contributed by atoms with Crippen LogP contribution in [0.3, 0.4) is 0 Å². The first-order valence-corrected chi connectivity index (χ1v) is 7.41. The van der Waals surface area contributed by atoms with Crippen LogP contribution in [-0.2, 0) is 9.73 Å². The largest absolute Gasteiger partial charge is 0.249 e. The molecular formula is C10H11BrFNOS. The summed E-state index contributed by atoms with van der Waals surface area (Å²) in [4.78, 5) is 0. The molecule has 1 heterocycles. The topological polar surface area (TPSA) is 29.4 Å². The normalized spacial score (nSPS) is 19.1. The Morgan fingerprint density at radius 2 is 2.00 bits per heavy atom. The first kappa shape index (κ1) is 11.1. The van der Waals surface area contributed by atoms with Crippen molar-refractivity contribution in [2.75, 3.05) is 11.5 Å². The van der Waals surface area contributed by atoms with Crippen molar-refractivity contribution in [1.29, 1.82) is 0 Å². The van der Waals surface area contributed by atoms with E-state index < -0.39 is 9.73 Å². The van der Waals surface area contributed by atoms with Crippen LogP contribution in [0, 0.1) is 5.82 Å². The Bertz CT molecular complexity index is 482. The van der Waals surface area contributed by atoms with E-state index in [1.54, 1.807) is 12.1 Å². The average molecular weight is 292 g/mol. The predicted octanol–water partition coefficient (Wildman–Crippen LogP) is 3.48. The molecule has 82 valence electrons. The molecule has 1 aromatic carbocycles. The molecule has 2 rings (SSSR count). The number of rotatable bonds is 1.